The lowest BCUT2D eigenvalue weighted by Gasteiger charge is -2.17. The van der Waals surface area contributed by atoms with Gasteiger partial charge in [0.05, 0.1) is 11.1 Å². The number of halogens is 3. The minimum Gasteiger partial charge on any atom is -0.591 e. The van der Waals surface area contributed by atoms with Crippen LogP contribution in [0.15, 0.2) is 16.5 Å². The van der Waals surface area contributed by atoms with E-state index in [4.69, 9.17) is 0 Å². The molecule has 108 valence electrons. The van der Waals surface area contributed by atoms with E-state index in [2.05, 4.69) is 9.13 Å². The number of alkyl halides is 3. The summed E-state index contributed by atoms with van der Waals surface area (Å²) in [6.07, 6.45) is -2.97. The molecule has 1 rings (SSSR count). The molecule has 1 aromatic rings. The smallest absolute Gasteiger partial charge is 0.422 e. The second-order valence-electron chi connectivity index (χ2n) is 4.66. The molecule has 8 heteroatoms. The minimum absolute atomic E-state index is 0.153. The van der Waals surface area contributed by atoms with Gasteiger partial charge in [-0.15, -0.1) is 0 Å². The van der Waals surface area contributed by atoms with Crippen LogP contribution in [0.3, 0.4) is 0 Å². The molecule has 0 aromatic carbocycles. The van der Waals surface area contributed by atoms with Crippen molar-refractivity contribution in [2.24, 2.45) is 4.40 Å². The highest BCUT2D eigenvalue weighted by Crippen LogP contribution is 2.26. The van der Waals surface area contributed by atoms with Gasteiger partial charge in [0.1, 0.15) is 16.1 Å². The Morgan fingerprint density at radius 3 is 2.53 bits per heavy atom. The Balaban J connectivity index is 2.58. The molecule has 1 aromatic heterocycles. The van der Waals surface area contributed by atoms with Crippen molar-refractivity contribution in [2.45, 2.75) is 31.7 Å². The fourth-order valence-electron chi connectivity index (χ4n) is 0.892. The Bertz CT molecular complexity index is 438. The molecule has 0 N–H and O–H groups in total. The summed E-state index contributed by atoms with van der Waals surface area (Å²) in [7, 11) is 0. The Labute approximate surface area is 116 Å². The van der Waals surface area contributed by atoms with Gasteiger partial charge in [-0.25, -0.2) is 0 Å². The molecule has 0 spiro atoms. The van der Waals surface area contributed by atoms with Gasteiger partial charge in [-0.05, 0) is 32.9 Å². The van der Waals surface area contributed by atoms with Crippen LogP contribution < -0.4 is 4.74 Å². The normalized spacial score (nSPS) is 14.9. The maximum absolute atomic E-state index is 11.9. The third-order valence-corrected chi connectivity index (χ3v) is 4.06. The van der Waals surface area contributed by atoms with Crippen LogP contribution >= 0.6 is 11.3 Å². The first-order chi connectivity index (χ1) is 8.58. The van der Waals surface area contributed by atoms with Gasteiger partial charge in [-0.3, -0.25) is 0 Å². The van der Waals surface area contributed by atoms with E-state index in [0.29, 0.717) is 4.88 Å². The van der Waals surface area contributed by atoms with Crippen LogP contribution in [-0.2, 0) is 11.4 Å². The van der Waals surface area contributed by atoms with Crippen LogP contribution in [0.5, 0.6) is 5.06 Å². The summed E-state index contributed by atoms with van der Waals surface area (Å²) in [6.45, 7) is 4.03. The number of hydrogen-bond acceptors (Lipinski definition) is 4. The lowest BCUT2D eigenvalue weighted by atomic mass is 10.3. The lowest BCUT2D eigenvalue weighted by molar-refractivity contribution is -0.152. The third-order valence-electron chi connectivity index (χ3n) is 1.78. The van der Waals surface area contributed by atoms with Crippen molar-refractivity contribution in [2.75, 3.05) is 6.61 Å². The first-order valence-electron chi connectivity index (χ1n) is 5.33. The number of hydrogen-bond donors (Lipinski definition) is 0. The zero-order valence-corrected chi connectivity index (χ0v) is 12.3. The minimum atomic E-state index is -4.36. The molecule has 3 nitrogen and oxygen atoms in total. The maximum Gasteiger partial charge on any atom is 0.422 e. The van der Waals surface area contributed by atoms with E-state index in [0.717, 1.165) is 11.3 Å². The zero-order chi connectivity index (χ0) is 14.7. The van der Waals surface area contributed by atoms with Crippen molar-refractivity contribution < 1.29 is 22.5 Å². The van der Waals surface area contributed by atoms with Gasteiger partial charge in [-0.2, -0.15) is 13.2 Å². The van der Waals surface area contributed by atoms with Gasteiger partial charge >= 0.3 is 6.18 Å². The molecule has 0 radical (unpaired) electrons. The van der Waals surface area contributed by atoms with Crippen molar-refractivity contribution in [3.8, 4) is 5.06 Å². The van der Waals surface area contributed by atoms with Crippen LogP contribution in [0.2, 0.25) is 0 Å². The molecule has 1 unspecified atom stereocenters. The molecule has 0 aliphatic rings. The van der Waals surface area contributed by atoms with Crippen LogP contribution in [0.1, 0.15) is 25.6 Å². The van der Waals surface area contributed by atoms with Gasteiger partial charge in [0.15, 0.2) is 11.7 Å². The summed E-state index contributed by atoms with van der Waals surface area (Å²) >= 11 is -0.371. The molecule has 0 bridgehead atoms. The van der Waals surface area contributed by atoms with Crippen molar-refractivity contribution >= 4 is 28.9 Å². The summed E-state index contributed by atoms with van der Waals surface area (Å²) in [6, 6.07) is 3.00. The maximum atomic E-state index is 11.9. The quantitative estimate of drug-likeness (QED) is 0.630. The third kappa shape index (κ3) is 6.31. The van der Waals surface area contributed by atoms with Crippen LogP contribution in [0.4, 0.5) is 13.2 Å². The molecule has 0 saturated carbocycles. The molecule has 0 fully saturated rings. The standard InChI is InChI=1S/C11H14F3NO2S2/c1-10(2,3)19(16)15-6-8-4-5-9(18-8)17-7-11(12,13)14/h4-6H,7H2,1-3H3. The van der Waals surface area contributed by atoms with E-state index in [-0.39, 0.29) is 5.06 Å². The summed E-state index contributed by atoms with van der Waals surface area (Å²) in [5, 5.41) is 0.153. The number of nitrogens with zero attached hydrogens (tertiary/aromatic N) is 1. The van der Waals surface area contributed by atoms with E-state index in [1.165, 1.54) is 12.3 Å². The summed E-state index contributed by atoms with van der Waals surface area (Å²) < 4.78 is 55.5. The van der Waals surface area contributed by atoms with E-state index in [1.54, 1.807) is 26.8 Å². The monoisotopic (exact) mass is 313 g/mol. The van der Waals surface area contributed by atoms with E-state index < -0.39 is 28.9 Å². The van der Waals surface area contributed by atoms with Crippen molar-refractivity contribution in [3.05, 3.63) is 17.0 Å². The molecule has 1 heterocycles. The Hall–Kier alpha value is -0.730. The molecule has 0 aliphatic carbocycles. The first-order valence-corrected chi connectivity index (χ1v) is 7.26. The number of thiophene rings is 1. The molecule has 1 atom stereocenters. The molecule has 0 amide bonds. The van der Waals surface area contributed by atoms with Crippen LogP contribution in [0.25, 0.3) is 0 Å². The van der Waals surface area contributed by atoms with Crippen LogP contribution in [0, 0.1) is 0 Å². The predicted molar refractivity (Wildman–Crippen MR) is 71.4 cm³/mol. The van der Waals surface area contributed by atoms with E-state index in [9.17, 15) is 17.7 Å². The molecule has 0 saturated heterocycles. The van der Waals surface area contributed by atoms with Crippen molar-refractivity contribution in [3.63, 3.8) is 0 Å². The zero-order valence-electron chi connectivity index (χ0n) is 10.7. The topological polar surface area (TPSA) is 44.7 Å². The Kier molecular flexibility index (Phi) is 5.28. The predicted octanol–water partition coefficient (Wildman–Crippen LogP) is 3.57. The molecule has 0 aliphatic heterocycles. The second kappa shape index (κ2) is 6.15. The van der Waals surface area contributed by atoms with Gasteiger partial charge in [0, 0.05) is 0 Å². The van der Waals surface area contributed by atoms with E-state index >= 15 is 0 Å². The highest BCUT2D eigenvalue weighted by molar-refractivity contribution is 7.91. The number of rotatable bonds is 4. The fraction of sp³-hybridized carbons (Fsp3) is 0.545. The molecule has 19 heavy (non-hydrogen) atoms. The summed E-state index contributed by atoms with van der Waals surface area (Å²) in [5.41, 5.74) is 0. The van der Waals surface area contributed by atoms with Gasteiger partial charge in [-0.1, -0.05) is 15.7 Å². The Morgan fingerprint density at radius 1 is 1.37 bits per heavy atom. The van der Waals surface area contributed by atoms with Gasteiger partial charge < -0.3 is 9.29 Å². The fourth-order valence-corrected chi connectivity index (χ4v) is 2.21. The lowest BCUT2D eigenvalue weighted by Crippen LogP contribution is -2.25. The van der Waals surface area contributed by atoms with Crippen molar-refractivity contribution in [1.82, 2.24) is 0 Å². The number of ether oxygens (including phenoxy) is 1. The van der Waals surface area contributed by atoms with Gasteiger partial charge in [0.25, 0.3) is 0 Å². The van der Waals surface area contributed by atoms with Gasteiger partial charge in [0.2, 0.25) is 0 Å². The van der Waals surface area contributed by atoms with Crippen LogP contribution in [-0.4, -0.2) is 28.3 Å². The largest absolute Gasteiger partial charge is 0.591 e. The average molecular weight is 313 g/mol. The highest BCUT2D eigenvalue weighted by atomic mass is 32.2. The van der Waals surface area contributed by atoms with Crippen molar-refractivity contribution in [1.29, 1.82) is 0 Å². The van der Waals surface area contributed by atoms with E-state index in [1.807, 2.05) is 0 Å². The molecular weight excluding hydrogens is 299 g/mol. The second-order valence-corrected chi connectivity index (χ2v) is 7.67. The highest BCUT2D eigenvalue weighted by Gasteiger charge is 2.28. The summed E-state index contributed by atoms with van der Waals surface area (Å²) in [5.74, 6) is 0. The SMILES string of the molecule is CC(C)(C)[S+]([O-])N=Cc1ccc(OCC(F)(F)F)s1. The average Bonchev–Trinajstić information content (AvgIpc) is 2.68. The summed E-state index contributed by atoms with van der Waals surface area (Å²) in [4.78, 5) is 0.592. The molecular formula is C11H14F3NO2S2. The first kappa shape index (κ1) is 16.3. The Morgan fingerprint density at radius 2 is 2.00 bits per heavy atom.